The van der Waals surface area contributed by atoms with E-state index in [0.717, 1.165) is 11.5 Å². The van der Waals surface area contributed by atoms with Gasteiger partial charge in [0.1, 0.15) is 0 Å². The molecule has 2 unspecified atom stereocenters. The summed E-state index contributed by atoms with van der Waals surface area (Å²) in [5, 5.41) is 12.9. The number of hydroxylamine groups is 2. The lowest BCUT2D eigenvalue weighted by molar-refractivity contribution is -0.196. The zero-order chi connectivity index (χ0) is 15.3. The maximum Gasteiger partial charge on any atom is 0.233 e. The Balaban J connectivity index is 2.04. The van der Waals surface area contributed by atoms with Gasteiger partial charge in [-0.1, -0.05) is 20.8 Å². The number of hydrogen-bond acceptors (Lipinski definition) is 3. The van der Waals surface area contributed by atoms with Crippen LogP contribution in [0.3, 0.4) is 0 Å². The fourth-order valence-corrected chi connectivity index (χ4v) is 3.29. The monoisotopic (exact) mass is 281 g/mol. The van der Waals surface area contributed by atoms with Gasteiger partial charge in [0.2, 0.25) is 11.8 Å². The third kappa shape index (κ3) is 2.74. The van der Waals surface area contributed by atoms with Gasteiger partial charge in [0.15, 0.2) is 0 Å². The molecule has 0 aliphatic carbocycles. The molecule has 5 heteroatoms. The Hall–Kier alpha value is -0.940. The fourth-order valence-electron chi connectivity index (χ4n) is 3.29. The maximum absolute atomic E-state index is 12.4. The van der Waals surface area contributed by atoms with Crippen LogP contribution in [-0.4, -0.2) is 40.4 Å². The third-order valence-electron chi connectivity index (χ3n) is 4.62. The predicted molar refractivity (Wildman–Crippen MR) is 73.9 cm³/mol. The third-order valence-corrected chi connectivity index (χ3v) is 4.62. The first-order chi connectivity index (χ1) is 9.02. The predicted octanol–water partition coefficient (Wildman–Crippen LogP) is 1.85. The molecule has 2 aliphatic heterocycles. The molecule has 2 amide bonds. The van der Waals surface area contributed by atoms with Gasteiger partial charge in [-0.05, 0) is 31.6 Å². The van der Waals surface area contributed by atoms with Crippen LogP contribution in [0.5, 0.6) is 0 Å². The molecule has 0 saturated carbocycles. The van der Waals surface area contributed by atoms with E-state index >= 15 is 0 Å². The molecule has 0 aromatic carbocycles. The summed E-state index contributed by atoms with van der Waals surface area (Å²) >= 11 is 0. The summed E-state index contributed by atoms with van der Waals surface area (Å²) in [6.45, 7) is 10.6. The van der Waals surface area contributed by atoms with Crippen LogP contribution in [0.25, 0.3) is 0 Å². The second kappa shape index (κ2) is 4.81. The molecule has 20 heavy (non-hydrogen) atoms. The molecule has 2 heterocycles. The lowest BCUT2D eigenvalue weighted by atomic mass is 9.80. The van der Waals surface area contributed by atoms with Gasteiger partial charge >= 0.3 is 0 Å². The first-order valence-corrected chi connectivity index (χ1v) is 7.31. The molecule has 0 aromatic heterocycles. The first-order valence-electron chi connectivity index (χ1n) is 7.31. The molecule has 2 fully saturated rings. The number of carbonyl (C=O) groups is 2. The Bertz CT molecular complexity index is 425. The normalized spacial score (nSPS) is 31.4. The van der Waals surface area contributed by atoms with E-state index < -0.39 is 0 Å². The molecular weight excluding hydrogens is 256 g/mol. The highest BCUT2D eigenvalue weighted by Crippen LogP contribution is 2.37. The second-order valence-corrected chi connectivity index (χ2v) is 7.91. The van der Waals surface area contributed by atoms with Gasteiger partial charge in [0.25, 0.3) is 0 Å². The molecule has 2 saturated heterocycles. The fraction of sp³-hybridized carbons (Fsp3) is 0.867. The van der Waals surface area contributed by atoms with E-state index in [4.69, 9.17) is 0 Å². The summed E-state index contributed by atoms with van der Waals surface area (Å²) < 4.78 is 0. The van der Waals surface area contributed by atoms with Crippen molar-refractivity contribution in [1.82, 2.24) is 9.96 Å². The minimum atomic E-state index is -0.389. The molecule has 2 rings (SSSR count). The van der Waals surface area contributed by atoms with Crippen LogP contribution >= 0.6 is 0 Å². The summed E-state index contributed by atoms with van der Waals surface area (Å²) in [7, 11) is 0. The Morgan fingerprint density at radius 2 is 1.85 bits per heavy atom. The summed E-state index contributed by atoms with van der Waals surface area (Å²) in [6, 6.07) is 0. The lowest BCUT2D eigenvalue weighted by Gasteiger charge is -2.25. The Morgan fingerprint density at radius 3 is 2.25 bits per heavy atom. The number of likely N-dealkylation sites (tertiary alicyclic amines) is 1. The minimum absolute atomic E-state index is 0.0651. The summed E-state index contributed by atoms with van der Waals surface area (Å²) in [5.41, 5.74) is -0.582. The summed E-state index contributed by atoms with van der Waals surface area (Å²) in [4.78, 5) is 25.9. The van der Waals surface area contributed by atoms with Crippen molar-refractivity contribution in [2.24, 2.45) is 17.3 Å². The van der Waals surface area contributed by atoms with Crippen LogP contribution in [0.15, 0.2) is 0 Å². The van der Waals surface area contributed by atoms with Gasteiger partial charge in [-0.3, -0.25) is 14.5 Å². The molecule has 5 nitrogen and oxygen atoms in total. The smallest absolute Gasteiger partial charge is 0.233 e. The van der Waals surface area contributed by atoms with E-state index in [1.807, 2.05) is 34.6 Å². The van der Waals surface area contributed by atoms with E-state index in [-0.39, 0.29) is 34.6 Å². The Morgan fingerprint density at radius 1 is 1.25 bits per heavy atom. The van der Waals surface area contributed by atoms with E-state index in [0.29, 0.717) is 19.5 Å². The average Bonchev–Trinajstić information content (AvgIpc) is 2.69. The van der Waals surface area contributed by atoms with Gasteiger partial charge in [0, 0.05) is 25.0 Å². The molecule has 0 spiro atoms. The van der Waals surface area contributed by atoms with Gasteiger partial charge in [-0.15, -0.1) is 10.3 Å². The average molecular weight is 281 g/mol. The quantitative estimate of drug-likeness (QED) is 0.726. The van der Waals surface area contributed by atoms with Gasteiger partial charge < -0.3 is 0 Å². The van der Waals surface area contributed by atoms with Crippen molar-refractivity contribution in [2.45, 2.75) is 53.0 Å². The van der Waals surface area contributed by atoms with Crippen molar-refractivity contribution in [3.05, 3.63) is 0 Å². The van der Waals surface area contributed by atoms with Crippen LogP contribution in [0.4, 0.5) is 0 Å². The zero-order valence-electron chi connectivity index (χ0n) is 13.1. The summed E-state index contributed by atoms with van der Waals surface area (Å²) in [6.07, 6.45) is 1.03. The van der Waals surface area contributed by atoms with Crippen LogP contribution < -0.4 is 0 Å². The van der Waals surface area contributed by atoms with E-state index in [2.05, 4.69) is 0 Å². The van der Waals surface area contributed by atoms with Crippen molar-refractivity contribution in [2.75, 3.05) is 13.1 Å². The van der Waals surface area contributed by atoms with Crippen LogP contribution in [0, 0.1) is 17.3 Å². The van der Waals surface area contributed by atoms with Gasteiger partial charge in [-0.2, -0.15) is 0 Å². The van der Waals surface area contributed by atoms with E-state index in [1.165, 1.54) is 4.90 Å². The topological polar surface area (TPSA) is 60.5 Å². The van der Waals surface area contributed by atoms with E-state index in [9.17, 15) is 14.8 Å². The number of imide groups is 1. The molecule has 2 atom stereocenters. The second-order valence-electron chi connectivity index (χ2n) is 7.91. The molecule has 2 aliphatic rings. The molecule has 0 aromatic rings. The molecule has 0 bridgehead atoms. The minimum Gasteiger partial charge on any atom is -0.282 e. The standard InChI is InChI=1S/C15H25N2O3/c1-14(2,3)11-6-12(18)16(13(11)19)8-10-7-15(4,5)17(20)9-10/h10-11H,6-9H2,1-5H3. The zero-order valence-corrected chi connectivity index (χ0v) is 13.1. The SMILES string of the molecule is CC(C)(C)C1CC(=O)N(CC2CN([O])C(C)(C)C2)C1=O. The number of rotatable bonds is 2. The Labute approximate surface area is 120 Å². The number of nitrogens with zero attached hydrogens (tertiary/aromatic N) is 2. The van der Waals surface area contributed by atoms with Crippen molar-refractivity contribution in [3.63, 3.8) is 0 Å². The highest BCUT2D eigenvalue weighted by Gasteiger charge is 2.47. The largest absolute Gasteiger partial charge is 0.282 e. The lowest BCUT2D eigenvalue weighted by Crippen LogP contribution is -2.37. The number of hydrogen-bond donors (Lipinski definition) is 0. The molecular formula is C15H25N2O3. The number of amides is 2. The van der Waals surface area contributed by atoms with Crippen LogP contribution in [-0.2, 0) is 14.8 Å². The van der Waals surface area contributed by atoms with E-state index in [1.54, 1.807) is 0 Å². The van der Waals surface area contributed by atoms with Crippen molar-refractivity contribution in [1.29, 1.82) is 0 Å². The molecule has 0 N–H and O–H groups in total. The molecule has 113 valence electrons. The maximum atomic E-state index is 12.4. The highest BCUT2D eigenvalue weighted by atomic mass is 16.5. The van der Waals surface area contributed by atoms with Gasteiger partial charge in [-0.25, -0.2) is 0 Å². The number of carbonyl (C=O) groups excluding carboxylic acids is 2. The van der Waals surface area contributed by atoms with Gasteiger partial charge in [0.05, 0.1) is 5.92 Å². The molecule has 1 radical (unpaired) electrons. The summed E-state index contributed by atoms with van der Waals surface area (Å²) in [5.74, 6) is -0.288. The highest BCUT2D eigenvalue weighted by molar-refractivity contribution is 6.03. The van der Waals surface area contributed by atoms with Crippen molar-refractivity contribution in [3.8, 4) is 0 Å². The first kappa shape index (κ1) is 15.4. The Kier molecular flexibility index (Phi) is 3.71. The van der Waals surface area contributed by atoms with Crippen molar-refractivity contribution >= 4 is 11.8 Å². The van der Waals surface area contributed by atoms with Crippen LogP contribution in [0.1, 0.15) is 47.5 Å². The van der Waals surface area contributed by atoms with Crippen molar-refractivity contribution < 1.29 is 14.8 Å². The van der Waals surface area contributed by atoms with Crippen LogP contribution in [0.2, 0.25) is 0 Å².